The molecular weight excluding hydrogens is 549 g/mol. The highest BCUT2D eigenvalue weighted by atomic mass is 16.7. The molecule has 246 valence electrons. The Bertz CT molecular complexity index is 1270. The van der Waals surface area contributed by atoms with Crippen LogP contribution in [0.1, 0.15) is 134 Å². The maximum atomic E-state index is 13.6. The lowest BCUT2D eigenvalue weighted by atomic mass is 9.31. The third kappa shape index (κ3) is 4.05. The number of hydrogen-bond donors (Lipinski definition) is 1. The van der Waals surface area contributed by atoms with Gasteiger partial charge in [-0.1, -0.05) is 59.7 Å². The fraction of sp³-hybridized carbons (Fsp3) is 0.892. The van der Waals surface area contributed by atoms with Gasteiger partial charge >= 0.3 is 13.1 Å². The summed E-state index contributed by atoms with van der Waals surface area (Å²) in [5, 5.41) is 15.0. The molecular formula is C37H60BNO5. The second kappa shape index (κ2) is 9.61. The molecule has 8 atom stereocenters. The summed E-state index contributed by atoms with van der Waals surface area (Å²) in [5.74, 6) is 0.991. The highest BCUT2D eigenvalue weighted by molar-refractivity contribution is 6.55. The van der Waals surface area contributed by atoms with Crippen molar-refractivity contribution in [2.24, 2.45) is 61.3 Å². The Labute approximate surface area is 267 Å². The number of fused-ring (bicyclic) bond motifs is 7. The minimum atomic E-state index is -0.484. The minimum Gasteiger partial charge on any atom is -0.469 e. The molecule has 1 heterocycles. The number of allylic oxidation sites excluding steroid dienone is 2. The number of rotatable bonds is 2. The van der Waals surface area contributed by atoms with Crippen molar-refractivity contribution in [2.75, 3.05) is 7.11 Å². The van der Waals surface area contributed by atoms with Gasteiger partial charge in [-0.15, -0.1) is 0 Å². The number of carbonyl (C=O) groups is 1. The zero-order valence-corrected chi connectivity index (χ0v) is 29.9. The van der Waals surface area contributed by atoms with Crippen LogP contribution >= 0.6 is 0 Å². The van der Waals surface area contributed by atoms with Crippen molar-refractivity contribution in [3.8, 4) is 0 Å². The highest BCUT2D eigenvalue weighted by Gasteiger charge is 2.73. The predicted octanol–water partition coefficient (Wildman–Crippen LogP) is 8.65. The lowest BCUT2D eigenvalue weighted by Gasteiger charge is -2.72. The van der Waals surface area contributed by atoms with Gasteiger partial charge in [-0.2, -0.15) is 0 Å². The number of oxime groups is 1. The van der Waals surface area contributed by atoms with E-state index in [-0.39, 0.29) is 63.2 Å². The van der Waals surface area contributed by atoms with Crippen molar-refractivity contribution < 1.29 is 24.0 Å². The first-order valence-corrected chi connectivity index (χ1v) is 17.5. The van der Waals surface area contributed by atoms with Crippen LogP contribution in [0.4, 0.5) is 0 Å². The van der Waals surface area contributed by atoms with E-state index in [0.717, 1.165) is 63.5 Å². The molecule has 0 unspecified atom stereocenters. The van der Waals surface area contributed by atoms with E-state index in [1.165, 1.54) is 5.47 Å². The molecule has 5 aliphatic carbocycles. The molecule has 1 aliphatic heterocycles. The summed E-state index contributed by atoms with van der Waals surface area (Å²) in [4.78, 5) is 13.6. The van der Waals surface area contributed by atoms with Gasteiger partial charge in [0.15, 0.2) is 0 Å². The van der Waals surface area contributed by atoms with Crippen molar-refractivity contribution in [3.05, 3.63) is 11.5 Å². The molecule has 44 heavy (non-hydrogen) atoms. The van der Waals surface area contributed by atoms with Crippen molar-refractivity contribution in [1.29, 1.82) is 0 Å². The standard InChI is InChI=1S/C37H60BNO5/c1-30(2)17-19-37(29(40)42-12)20-18-36(11)28(23(37)22-30)24(39-41)21-26-34(9)15-14-27(38-43-32(5,6)33(7,8)44-38)31(3,4)25(34)13-16-35(26,36)10/h14,23,25-26,28,41H,13,15-22H2,1-12H3/b39-24-/t23-,25-,26+,28-,34-,35+,36+,37-/m0/s1. The Hall–Kier alpha value is -1.34. The first-order chi connectivity index (χ1) is 20.2. The molecule has 0 aromatic heterocycles. The predicted molar refractivity (Wildman–Crippen MR) is 175 cm³/mol. The highest BCUT2D eigenvalue weighted by Crippen LogP contribution is 2.76. The number of nitrogens with zero attached hydrogens (tertiary/aromatic N) is 1. The Morgan fingerprint density at radius 3 is 2.09 bits per heavy atom. The first-order valence-electron chi connectivity index (χ1n) is 17.5. The molecule has 0 bridgehead atoms. The molecule has 0 aromatic carbocycles. The summed E-state index contributed by atoms with van der Waals surface area (Å²) in [5.41, 5.74) is 1.09. The average molecular weight is 610 g/mol. The second-order valence-corrected chi connectivity index (χ2v) is 19.1. The van der Waals surface area contributed by atoms with Crippen molar-refractivity contribution >= 4 is 18.8 Å². The Kier molecular flexibility index (Phi) is 7.12. The van der Waals surface area contributed by atoms with Crippen LogP contribution in [0.3, 0.4) is 0 Å². The van der Waals surface area contributed by atoms with E-state index in [2.05, 4.69) is 87.4 Å². The lowest BCUT2D eigenvalue weighted by Crippen LogP contribution is -2.69. The van der Waals surface area contributed by atoms with Crippen molar-refractivity contribution in [2.45, 2.75) is 145 Å². The van der Waals surface area contributed by atoms with Crippen LogP contribution in [0.25, 0.3) is 0 Å². The first kappa shape index (κ1) is 32.6. The second-order valence-electron chi connectivity index (χ2n) is 19.1. The number of ether oxygens (including phenoxy) is 1. The quantitative estimate of drug-likeness (QED) is 0.147. The number of methoxy groups -OCH3 is 1. The monoisotopic (exact) mass is 609 g/mol. The van der Waals surface area contributed by atoms with Crippen molar-refractivity contribution in [1.82, 2.24) is 0 Å². The number of hydrogen-bond acceptors (Lipinski definition) is 6. The van der Waals surface area contributed by atoms with E-state index in [1.54, 1.807) is 7.11 Å². The van der Waals surface area contributed by atoms with Gasteiger partial charge in [0.25, 0.3) is 0 Å². The maximum absolute atomic E-state index is 13.6. The number of carbonyl (C=O) groups excluding carboxylic acids is 1. The van der Waals surface area contributed by atoms with Gasteiger partial charge in [-0.25, -0.2) is 0 Å². The van der Waals surface area contributed by atoms with Crippen LogP contribution in [-0.4, -0.2) is 42.3 Å². The Morgan fingerprint density at radius 1 is 0.886 bits per heavy atom. The summed E-state index contributed by atoms with van der Waals surface area (Å²) in [6.07, 6.45) is 11.2. The van der Waals surface area contributed by atoms with Crippen LogP contribution in [-0.2, 0) is 18.8 Å². The summed E-state index contributed by atoms with van der Waals surface area (Å²) in [6, 6.07) is 0. The third-order valence-corrected chi connectivity index (χ3v) is 15.9. The summed E-state index contributed by atoms with van der Waals surface area (Å²) in [6.45, 7) is 25.7. The van der Waals surface area contributed by atoms with E-state index in [1.807, 2.05) is 0 Å². The third-order valence-electron chi connectivity index (χ3n) is 15.9. The molecule has 1 saturated heterocycles. The summed E-state index contributed by atoms with van der Waals surface area (Å²) < 4.78 is 18.8. The molecule has 4 saturated carbocycles. The summed E-state index contributed by atoms with van der Waals surface area (Å²) in [7, 11) is 1.23. The van der Waals surface area contributed by atoms with Crippen LogP contribution < -0.4 is 0 Å². The molecule has 0 spiro atoms. The fourth-order valence-electron chi connectivity index (χ4n) is 12.4. The van der Waals surface area contributed by atoms with E-state index in [9.17, 15) is 10.0 Å². The zero-order valence-electron chi connectivity index (χ0n) is 29.9. The van der Waals surface area contributed by atoms with E-state index in [4.69, 9.17) is 14.0 Å². The Morgan fingerprint density at radius 2 is 1.50 bits per heavy atom. The summed E-state index contributed by atoms with van der Waals surface area (Å²) >= 11 is 0. The van der Waals surface area contributed by atoms with Gasteiger partial charge in [0.2, 0.25) is 0 Å². The molecule has 6 nitrogen and oxygen atoms in total. The van der Waals surface area contributed by atoms with E-state index in [0.29, 0.717) is 11.8 Å². The largest absolute Gasteiger partial charge is 0.490 e. The molecule has 0 amide bonds. The lowest BCUT2D eigenvalue weighted by molar-refractivity contribution is -0.213. The van der Waals surface area contributed by atoms with Gasteiger partial charge in [0.1, 0.15) is 0 Å². The van der Waals surface area contributed by atoms with Crippen LogP contribution in [0.2, 0.25) is 0 Å². The molecule has 0 aromatic rings. The molecule has 0 radical (unpaired) electrons. The molecule has 7 heteroatoms. The molecule has 6 aliphatic rings. The fourth-order valence-corrected chi connectivity index (χ4v) is 12.4. The van der Waals surface area contributed by atoms with Gasteiger partial charge in [-0.3, -0.25) is 4.79 Å². The average Bonchev–Trinajstić information content (AvgIpc) is 3.13. The van der Waals surface area contributed by atoms with Crippen LogP contribution in [0.15, 0.2) is 16.7 Å². The smallest absolute Gasteiger partial charge is 0.469 e. The molecule has 1 N–H and O–H groups in total. The van der Waals surface area contributed by atoms with E-state index < -0.39 is 5.41 Å². The van der Waals surface area contributed by atoms with Gasteiger partial charge in [0.05, 0.1) is 29.4 Å². The topological polar surface area (TPSA) is 77.4 Å². The maximum Gasteiger partial charge on any atom is 0.490 e. The zero-order chi connectivity index (χ0) is 32.5. The Balaban J connectivity index is 1.41. The van der Waals surface area contributed by atoms with Crippen LogP contribution in [0, 0.1) is 56.2 Å². The van der Waals surface area contributed by atoms with Crippen molar-refractivity contribution in [3.63, 3.8) is 0 Å². The number of esters is 1. The van der Waals surface area contributed by atoms with Gasteiger partial charge in [-0.05, 0) is 136 Å². The van der Waals surface area contributed by atoms with Gasteiger partial charge < -0.3 is 19.3 Å². The minimum absolute atomic E-state index is 0.0380. The van der Waals surface area contributed by atoms with Crippen LogP contribution in [0.5, 0.6) is 0 Å². The normalized spacial score (nSPS) is 47.5. The SMILES string of the molecule is COC(=O)[C@]12CCC(C)(C)C[C@H]1[C@H]1/C(=N\O)C[C@@H]3[C@@]4(C)CC=C(B5OC(C)(C)C(C)(C)O5)C(C)(C)[C@@H]4CC[C@@]3(C)[C@]1(C)CC2. The molecule has 5 fully saturated rings. The van der Waals surface area contributed by atoms with Gasteiger partial charge in [0, 0.05) is 5.92 Å². The molecule has 6 rings (SSSR count). The van der Waals surface area contributed by atoms with E-state index >= 15 is 0 Å².